The summed E-state index contributed by atoms with van der Waals surface area (Å²) in [7, 11) is 0. The Morgan fingerprint density at radius 3 is 2.58 bits per heavy atom. The first-order valence-corrected chi connectivity index (χ1v) is 3.31. The largest absolute Gasteiger partial charge is 0.503 e. The fourth-order valence-electron chi connectivity index (χ4n) is 0.824. The number of anilines is 1. The number of phenolic OH excluding ortho intramolecular Hbond substituents is 1. The molecule has 3 N–H and O–H groups in total. The third-order valence-corrected chi connectivity index (χ3v) is 1.50. The van der Waals surface area contributed by atoms with Crippen molar-refractivity contribution in [3.8, 4) is 5.75 Å². The summed E-state index contributed by atoms with van der Waals surface area (Å²) in [6, 6.07) is 2.19. The van der Waals surface area contributed by atoms with Crippen LogP contribution in [0.2, 0.25) is 0 Å². The van der Waals surface area contributed by atoms with Gasteiger partial charge in [0.1, 0.15) is 0 Å². The molecule has 0 aliphatic heterocycles. The van der Waals surface area contributed by atoms with E-state index in [0.717, 1.165) is 6.07 Å². The lowest BCUT2D eigenvalue weighted by Crippen LogP contribution is -1.97. The van der Waals surface area contributed by atoms with Gasteiger partial charge in [0.2, 0.25) is 0 Å². The average Bonchev–Trinajstić information content (AvgIpc) is 1.99. The van der Waals surface area contributed by atoms with Crippen molar-refractivity contribution in [2.75, 3.05) is 5.73 Å². The number of hydrogen-bond acceptors (Lipinski definition) is 3. The molecule has 0 aliphatic carbocycles. The normalized spacial score (nSPS) is 9.83. The zero-order chi connectivity index (χ0) is 9.30. The molecule has 0 aromatic heterocycles. The van der Waals surface area contributed by atoms with Crippen molar-refractivity contribution in [2.45, 2.75) is 6.92 Å². The number of carbonyl (C=O) groups excluding carboxylic acids is 1. The molecule has 1 aromatic carbocycles. The van der Waals surface area contributed by atoms with Gasteiger partial charge >= 0.3 is 0 Å². The van der Waals surface area contributed by atoms with Gasteiger partial charge in [-0.3, -0.25) is 4.79 Å². The van der Waals surface area contributed by atoms with Crippen LogP contribution in [0.1, 0.15) is 17.3 Å². The second-order valence-electron chi connectivity index (χ2n) is 2.45. The quantitative estimate of drug-likeness (QED) is 0.378. The molecule has 0 aliphatic rings. The molecular formula is C8H8FNO2. The fraction of sp³-hybridized carbons (Fsp3) is 0.125. The van der Waals surface area contributed by atoms with E-state index in [0.29, 0.717) is 0 Å². The predicted octanol–water partition coefficient (Wildman–Crippen LogP) is 1.32. The number of benzene rings is 1. The monoisotopic (exact) mass is 169 g/mol. The summed E-state index contributed by atoms with van der Waals surface area (Å²) >= 11 is 0. The highest BCUT2D eigenvalue weighted by atomic mass is 19.1. The molecule has 0 amide bonds. The van der Waals surface area contributed by atoms with Crippen molar-refractivity contribution in [2.24, 2.45) is 0 Å². The van der Waals surface area contributed by atoms with Crippen LogP contribution >= 0.6 is 0 Å². The molecule has 3 nitrogen and oxygen atoms in total. The zero-order valence-corrected chi connectivity index (χ0v) is 6.47. The topological polar surface area (TPSA) is 63.3 Å². The number of halogens is 1. The molecule has 0 fully saturated rings. The van der Waals surface area contributed by atoms with Crippen LogP contribution in [-0.2, 0) is 0 Å². The lowest BCUT2D eigenvalue weighted by Gasteiger charge is -2.01. The molecule has 1 aromatic rings. The molecule has 1 rings (SSSR count). The second kappa shape index (κ2) is 2.81. The van der Waals surface area contributed by atoms with E-state index in [1.807, 2.05) is 0 Å². The molecule has 0 bridgehead atoms. The Bertz CT molecular complexity index is 313. The van der Waals surface area contributed by atoms with Gasteiger partial charge in [-0.15, -0.1) is 0 Å². The van der Waals surface area contributed by atoms with Crippen molar-refractivity contribution in [1.82, 2.24) is 0 Å². The molecule has 0 spiro atoms. The number of rotatable bonds is 1. The molecule has 0 saturated heterocycles. The maximum absolute atomic E-state index is 12.7. The fourth-order valence-corrected chi connectivity index (χ4v) is 0.824. The summed E-state index contributed by atoms with van der Waals surface area (Å²) < 4.78 is 12.7. The predicted molar refractivity (Wildman–Crippen MR) is 42.5 cm³/mol. The van der Waals surface area contributed by atoms with E-state index in [4.69, 9.17) is 10.8 Å². The standard InChI is InChI=1S/C8H8FNO2/c1-4(11)5-2-6(9)8(12)7(10)3-5/h2-3,12H,10H2,1H3. The van der Waals surface area contributed by atoms with Gasteiger partial charge in [0, 0.05) is 5.56 Å². The highest BCUT2D eigenvalue weighted by molar-refractivity contribution is 5.95. The van der Waals surface area contributed by atoms with Gasteiger partial charge in [0.05, 0.1) is 5.69 Å². The van der Waals surface area contributed by atoms with Crippen molar-refractivity contribution >= 4 is 11.5 Å². The van der Waals surface area contributed by atoms with Crippen LogP contribution in [-0.4, -0.2) is 10.9 Å². The Labute approximate surface area is 68.6 Å². The van der Waals surface area contributed by atoms with Crippen LogP contribution in [0.3, 0.4) is 0 Å². The Kier molecular flexibility index (Phi) is 1.99. The summed E-state index contributed by atoms with van der Waals surface area (Å²) in [5.74, 6) is -1.78. The van der Waals surface area contributed by atoms with Crippen LogP contribution in [0.4, 0.5) is 10.1 Å². The Morgan fingerprint density at radius 1 is 1.58 bits per heavy atom. The molecule has 0 atom stereocenters. The number of nitrogens with two attached hydrogens (primary N) is 1. The second-order valence-corrected chi connectivity index (χ2v) is 2.45. The molecule has 12 heavy (non-hydrogen) atoms. The first kappa shape index (κ1) is 8.52. The molecule has 0 heterocycles. The van der Waals surface area contributed by atoms with Gasteiger partial charge < -0.3 is 10.8 Å². The average molecular weight is 169 g/mol. The molecule has 0 radical (unpaired) electrons. The highest BCUT2D eigenvalue weighted by Crippen LogP contribution is 2.25. The summed E-state index contributed by atoms with van der Waals surface area (Å²) in [4.78, 5) is 10.8. The number of carbonyl (C=O) groups is 1. The summed E-state index contributed by atoms with van der Waals surface area (Å²) in [5, 5.41) is 8.90. The maximum Gasteiger partial charge on any atom is 0.174 e. The SMILES string of the molecule is CC(=O)c1cc(N)c(O)c(F)c1. The van der Waals surface area contributed by atoms with E-state index < -0.39 is 11.6 Å². The summed E-state index contributed by atoms with van der Waals surface area (Å²) in [6.45, 7) is 1.30. The Balaban J connectivity index is 3.31. The number of Topliss-reactive ketones (excluding diaryl/α,β-unsaturated/α-hetero) is 1. The minimum absolute atomic E-state index is 0.125. The van der Waals surface area contributed by atoms with E-state index >= 15 is 0 Å². The summed E-state index contributed by atoms with van der Waals surface area (Å²) in [6.07, 6.45) is 0. The third kappa shape index (κ3) is 1.37. The van der Waals surface area contributed by atoms with Crippen LogP contribution in [0.15, 0.2) is 12.1 Å². The van der Waals surface area contributed by atoms with E-state index in [1.165, 1.54) is 13.0 Å². The number of aromatic hydroxyl groups is 1. The molecule has 4 heteroatoms. The zero-order valence-electron chi connectivity index (χ0n) is 6.47. The Morgan fingerprint density at radius 2 is 2.17 bits per heavy atom. The van der Waals surface area contributed by atoms with Gasteiger partial charge in [0.25, 0.3) is 0 Å². The number of hydrogen-bond donors (Lipinski definition) is 2. The first-order chi connectivity index (χ1) is 5.52. The number of nitrogen functional groups attached to an aromatic ring is 1. The van der Waals surface area contributed by atoms with Gasteiger partial charge in [0.15, 0.2) is 17.3 Å². The van der Waals surface area contributed by atoms with Crippen LogP contribution < -0.4 is 5.73 Å². The van der Waals surface area contributed by atoms with E-state index in [9.17, 15) is 9.18 Å². The van der Waals surface area contributed by atoms with Crippen molar-refractivity contribution in [1.29, 1.82) is 0 Å². The molecular weight excluding hydrogens is 161 g/mol. The smallest absolute Gasteiger partial charge is 0.174 e. The van der Waals surface area contributed by atoms with Gasteiger partial charge in [-0.1, -0.05) is 0 Å². The van der Waals surface area contributed by atoms with Crippen molar-refractivity contribution in [3.05, 3.63) is 23.5 Å². The van der Waals surface area contributed by atoms with E-state index in [2.05, 4.69) is 0 Å². The van der Waals surface area contributed by atoms with Gasteiger partial charge in [-0.05, 0) is 19.1 Å². The number of ketones is 1. The van der Waals surface area contributed by atoms with Gasteiger partial charge in [-0.2, -0.15) is 0 Å². The Hall–Kier alpha value is -1.58. The molecule has 64 valence electrons. The lowest BCUT2D eigenvalue weighted by molar-refractivity contribution is 0.101. The first-order valence-electron chi connectivity index (χ1n) is 3.31. The van der Waals surface area contributed by atoms with Crippen molar-refractivity contribution in [3.63, 3.8) is 0 Å². The minimum atomic E-state index is -0.875. The van der Waals surface area contributed by atoms with Crippen LogP contribution in [0.5, 0.6) is 5.75 Å². The maximum atomic E-state index is 12.7. The van der Waals surface area contributed by atoms with Crippen LogP contribution in [0, 0.1) is 5.82 Å². The summed E-state index contributed by atoms with van der Waals surface area (Å²) in [5.41, 5.74) is 5.25. The number of phenols is 1. The van der Waals surface area contributed by atoms with E-state index in [1.54, 1.807) is 0 Å². The lowest BCUT2D eigenvalue weighted by atomic mass is 10.1. The third-order valence-electron chi connectivity index (χ3n) is 1.50. The van der Waals surface area contributed by atoms with Gasteiger partial charge in [-0.25, -0.2) is 4.39 Å². The van der Waals surface area contributed by atoms with Crippen molar-refractivity contribution < 1.29 is 14.3 Å². The molecule has 0 saturated carbocycles. The minimum Gasteiger partial charge on any atom is -0.503 e. The van der Waals surface area contributed by atoms with Crippen LogP contribution in [0.25, 0.3) is 0 Å². The highest BCUT2D eigenvalue weighted by Gasteiger charge is 2.09. The van der Waals surface area contributed by atoms with E-state index in [-0.39, 0.29) is 17.0 Å². The molecule has 0 unspecified atom stereocenters.